The summed E-state index contributed by atoms with van der Waals surface area (Å²) in [4.78, 5) is 25.3. The standard InChI is InChI=1S/C22H13N3O3S2/c26-20-18(30-22(29)23-20)11-14-12-25(15-7-2-1-3-8-15)24-19(14)16-10-13-6-4-5-9-17(13)28-21(16)27/h1-12H,(H,23,26,29). The van der Waals surface area contributed by atoms with Gasteiger partial charge in [-0.15, -0.1) is 0 Å². The van der Waals surface area contributed by atoms with Gasteiger partial charge in [-0.3, -0.25) is 4.79 Å². The van der Waals surface area contributed by atoms with Crippen LogP contribution in [0.1, 0.15) is 5.56 Å². The first-order valence-corrected chi connectivity index (χ1v) is 10.2. The molecule has 5 rings (SSSR count). The monoisotopic (exact) mass is 431 g/mol. The maximum atomic E-state index is 12.7. The summed E-state index contributed by atoms with van der Waals surface area (Å²) in [6, 6.07) is 18.6. The molecule has 2 aromatic heterocycles. The molecule has 0 radical (unpaired) electrons. The fourth-order valence-corrected chi connectivity index (χ4v) is 4.24. The minimum Gasteiger partial charge on any atom is -0.422 e. The Kier molecular flexibility index (Phi) is 4.57. The summed E-state index contributed by atoms with van der Waals surface area (Å²) in [5.41, 5.74) is 2.20. The molecular weight excluding hydrogens is 418 g/mol. The van der Waals surface area contributed by atoms with Gasteiger partial charge in [0.05, 0.1) is 16.2 Å². The quantitative estimate of drug-likeness (QED) is 0.299. The molecule has 0 atom stereocenters. The Morgan fingerprint density at radius 3 is 2.60 bits per heavy atom. The zero-order valence-electron chi connectivity index (χ0n) is 15.4. The van der Waals surface area contributed by atoms with Crippen molar-refractivity contribution >= 4 is 51.3 Å². The Morgan fingerprint density at radius 2 is 1.83 bits per heavy atom. The van der Waals surface area contributed by atoms with E-state index in [-0.39, 0.29) is 5.91 Å². The molecule has 30 heavy (non-hydrogen) atoms. The molecule has 0 spiro atoms. The number of nitrogens with zero attached hydrogens (tertiary/aromatic N) is 2. The van der Waals surface area contributed by atoms with E-state index < -0.39 is 5.63 Å². The first-order valence-electron chi connectivity index (χ1n) is 9.02. The van der Waals surface area contributed by atoms with Crippen molar-refractivity contribution in [2.75, 3.05) is 0 Å². The third-order valence-electron chi connectivity index (χ3n) is 4.59. The highest BCUT2D eigenvalue weighted by Gasteiger charge is 2.24. The third kappa shape index (κ3) is 3.36. The van der Waals surface area contributed by atoms with Crippen molar-refractivity contribution in [3.05, 3.63) is 87.7 Å². The van der Waals surface area contributed by atoms with Crippen molar-refractivity contribution in [2.45, 2.75) is 0 Å². The van der Waals surface area contributed by atoms with Crippen LogP contribution in [0.5, 0.6) is 0 Å². The molecule has 0 saturated carbocycles. The minimum absolute atomic E-state index is 0.269. The van der Waals surface area contributed by atoms with Gasteiger partial charge in [0.1, 0.15) is 15.6 Å². The number of amides is 1. The number of thioether (sulfide) groups is 1. The van der Waals surface area contributed by atoms with Gasteiger partial charge < -0.3 is 9.73 Å². The van der Waals surface area contributed by atoms with E-state index in [1.807, 2.05) is 48.5 Å². The zero-order chi connectivity index (χ0) is 20.7. The molecule has 1 N–H and O–H groups in total. The molecule has 0 unspecified atom stereocenters. The lowest BCUT2D eigenvalue weighted by molar-refractivity contribution is -0.115. The molecule has 4 aromatic rings. The highest BCUT2D eigenvalue weighted by atomic mass is 32.2. The maximum absolute atomic E-state index is 12.7. The summed E-state index contributed by atoms with van der Waals surface area (Å²) in [6.45, 7) is 0. The average molecular weight is 431 g/mol. The Morgan fingerprint density at radius 1 is 1.07 bits per heavy atom. The van der Waals surface area contributed by atoms with E-state index in [2.05, 4.69) is 10.4 Å². The second-order valence-electron chi connectivity index (χ2n) is 6.55. The van der Waals surface area contributed by atoms with E-state index in [0.29, 0.717) is 31.6 Å². The maximum Gasteiger partial charge on any atom is 0.345 e. The van der Waals surface area contributed by atoms with E-state index in [4.69, 9.17) is 16.6 Å². The van der Waals surface area contributed by atoms with Crippen LogP contribution in [-0.2, 0) is 4.79 Å². The van der Waals surface area contributed by atoms with E-state index in [1.54, 1.807) is 29.1 Å². The zero-order valence-corrected chi connectivity index (χ0v) is 17.0. The second kappa shape index (κ2) is 7.40. The summed E-state index contributed by atoms with van der Waals surface area (Å²) >= 11 is 6.25. The Bertz CT molecular complexity index is 1400. The molecular formula is C22H13N3O3S2. The summed E-state index contributed by atoms with van der Waals surface area (Å²) < 4.78 is 7.56. The normalized spacial score (nSPS) is 15.1. The Hall–Kier alpha value is -3.49. The van der Waals surface area contributed by atoms with Crippen molar-refractivity contribution < 1.29 is 9.21 Å². The van der Waals surface area contributed by atoms with Crippen LogP contribution < -0.4 is 10.9 Å². The van der Waals surface area contributed by atoms with E-state index >= 15 is 0 Å². The van der Waals surface area contributed by atoms with Gasteiger partial charge in [-0.05, 0) is 30.3 Å². The van der Waals surface area contributed by atoms with Gasteiger partial charge in [0, 0.05) is 17.1 Å². The number of hydrogen-bond donors (Lipinski definition) is 1. The van der Waals surface area contributed by atoms with E-state index in [9.17, 15) is 9.59 Å². The Labute approximate surface area is 180 Å². The lowest BCUT2D eigenvalue weighted by Crippen LogP contribution is -2.17. The number of aromatic nitrogens is 2. The lowest BCUT2D eigenvalue weighted by Gasteiger charge is -2.02. The molecule has 1 saturated heterocycles. The van der Waals surface area contributed by atoms with Crippen LogP contribution in [0, 0.1) is 0 Å². The number of carbonyl (C=O) groups is 1. The van der Waals surface area contributed by atoms with Gasteiger partial charge in [0.25, 0.3) is 5.91 Å². The average Bonchev–Trinajstić information content (AvgIpc) is 3.31. The Balaban J connectivity index is 1.73. The molecule has 0 aliphatic carbocycles. The molecule has 3 heterocycles. The topological polar surface area (TPSA) is 77.1 Å². The van der Waals surface area contributed by atoms with Crippen molar-refractivity contribution in [2.24, 2.45) is 0 Å². The van der Waals surface area contributed by atoms with Crippen LogP contribution in [0.4, 0.5) is 0 Å². The lowest BCUT2D eigenvalue weighted by atomic mass is 10.1. The largest absolute Gasteiger partial charge is 0.422 e. The number of benzene rings is 2. The van der Waals surface area contributed by atoms with Gasteiger partial charge in [0.15, 0.2) is 0 Å². The summed E-state index contributed by atoms with van der Waals surface area (Å²) in [5.74, 6) is -0.269. The SMILES string of the molecule is O=C1NC(=S)SC1=Cc1cn(-c2ccccc2)nc1-c1cc2ccccc2oc1=O. The van der Waals surface area contributed by atoms with E-state index in [1.165, 1.54) is 11.8 Å². The van der Waals surface area contributed by atoms with Crippen molar-refractivity contribution in [3.63, 3.8) is 0 Å². The second-order valence-corrected chi connectivity index (χ2v) is 8.27. The molecule has 8 heteroatoms. The van der Waals surface area contributed by atoms with Gasteiger partial charge in [-0.2, -0.15) is 5.10 Å². The number of nitrogens with one attached hydrogen (secondary N) is 1. The number of thiocarbonyl (C=S) groups is 1. The smallest absolute Gasteiger partial charge is 0.345 e. The van der Waals surface area contributed by atoms with Crippen LogP contribution in [0.15, 0.2) is 81.0 Å². The molecule has 1 aliphatic rings. The van der Waals surface area contributed by atoms with E-state index in [0.717, 1.165) is 11.1 Å². The van der Waals surface area contributed by atoms with Gasteiger partial charge in [-0.25, -0.2) is 9.48 Å². The van der Waals surface area contributed by atoms with Crippen LogP contribution in [0.2, 0.25) is 0 Å². The van der Waals surface area contributed by atoms with Crippen molar-refractivity contribution in [1.82, 2.24) is 15.1 Å². The predicted molar refractivity (Wildman–Crippen MR) is 121 cm³/mol. The first kappa shape index (κ1) is 18.5. The number of hydrogen-bond acceptors (Lipinski definition) is 6. The summed E-state index contributed by atoms with van der Waals surface area (Å²) in [5, 5.41) is 8.03. The molecule has 1 aliphatic heterocycles. The highest BCUT2D eigenvalue weighted by Crippen LogP contribution is 2.30. The first-order chi connectivity index (χ1) is 14.6. The van der Waals surface area contributed by atoms with Crippen LogP contribution >= 0.6 is 24.0 Å². The number of rotatable bonds is 3. The molecule has 0 bridgehead atoms. The van der Waals surface area contributed by atoms with Gasteiger partial charge in [-0.1, -0.05) is 60.4 Å². The van der Waals surface area contributed by atoms with Crippen LogP contribution in [0.3, 0.4) is 0 Å². The van der Waals surface area contributed by atoms with Gasteiger partial charge in [0.2, 0.25) is 0 Å². The number of para-hydroxylation sites is 2. The summed E-state index contributed by atoms with van der Waals surface area (Å²) in [6.07, 6.45) is 3.47. The number of fused-ring (bicyclic) bond motifs is 1. The van der Waals surface area contributed by atoms with Crippen LogP contribution in [-0.4, -0.2) is 20.0 Å². The fraction of sp³-hybridized carbons (Fsp3) is 0. The molecule has 1 fully saturated rings. The number of carbonyl (C=O) groups excluding carboxylic acids is 1. The molecule has 2 aromatic carbocycles. The third-order valence-corrected chi connectivity index (χ3v) is 5.75. The fourth-order valence-electron chi connectivity index (χ4n) is 3.20. The summed E-state index contributed by atoms with van der Waals surface area (Å²) in [7, 11) is 0. The van der Waals surface area contributed by atoms with Crippen molar-refractivity contribution in [1.29, 1.82) is 0 Å². The minimum atomic E-state index is -0.495. The molecule has 6 nitrogen and oxygen atoms in total. The highest BCUT2D eigenvalue weighted by molar-refractivity contribution is 8.26. The molecule has 1 amide bonds. The van der Waals surface area contributed by atoms with Gasteiger partial charge >= 0.3 is 5.63 Å². The van der Waals surface area contributed by atoms with Crippen LogP contribution in [0.25, 0.3) is 34.0 Å². The predicted octanol–water partition coefficient (Wildman–Crippen LogP) is 4.13. The van der Waals surface area contributed by atoms with Crippen molar-refractivity contribution in [3.8, 4) is 16.9 Å². The molecule has 146 valence electrons.